The smallest absolute Gasteiger partial charge is 0.324 e. The number of hydrogen-bond donors (Lipinski definition) is 2. The first-order valence-corrected chi connectivity index (χ1v) is 19.4. The van der Waals surface area contributed by atoms with Crippen LogP contribution in [0.1, 0.15) is 37.9 Å². The zero-order chi connectivity index (χ0) is 41.8. The van der Waals surface area contributed by atoms with E-state index in [1.54, 1.807) is 31.2 Å². The van der Waals surface area contributed by atoms with Gasteiger partial charge in [0.15, 0.2) is 0 Å². The summed E-state index contributed by atoms with van der Waals surface area (Å²) in [4.78, 5) is 24.9. The zero-order valence-corrected chi connectivity index (χ0v) is 34.8. The van der Waals surface area contributed by atoms with Crippen molar-refractivity contribution < 1.29 is 33.2 Å². The number of benzene rings is 4. The molecular weight excluding hydrogens is 751 g/mol. The van der Waals surface area contributed by atoms with E-state index in [0.717, 1.165) is 33.4 Å². The van der Waals surface area contributed by atoms with Crippen LogP contribution in [0.4, 0.5) is 22.0 Å². The molecule has 0 unspecified atom stereocenters. The summed E-state index contributed by atoms with van der Waals surface area (Å²) in [5.41, 5.74) is 4.02. The lowest BCUT2D eigenvalue weighted by Gasteiger charge is -2.15. The molecule has 0 saturated heterocycles. The minimum atomic E-state index is -0.408. The van der Waals surface area contributed by atoms with Gasteiger partial charge in [-0.25, -0.2) is 14.5 Å². The SMILES string of the molecule is COCCOCCOCCOc1cc(Cc2nccc(Oc3ccc(NC(=O)Nc4cc(C(C)(C)C)nn4-c4ccc(N(C)C)cc4)c4ccccc34)n2)cc(OC)c1. The summed E-state index contributed by atoms with van der Waals surface area (Å²) in [7, 11) is 7.24. The molecule has 2 heterocycles. The molecule has 0 atom stereocenters. The predicted molar refractivity (Wildman–Crippen MR) is 230 cm³/mol. The van der Waals surface area contributed by atoms with Gasteiger partial charge in [0, 0.05) is 73.9 Å². The topological polar surface area (TPSA) is 143 Å². The lowest BCUT2D eigenvalue weighted by atomic mass is 9.92. The Morgan fingerprint density at radius 2 is 1.49 bits per heavy atom. The van der Waals surface area contributed by atoms with Gasteiger partial charge in [-0.2, -0.15) is 10.1 Å². The number of carbonyl (C=O) groups excluding carboxylic acids is 1. The molecule has 0 saturated carbocycles. The number of nitrogens with one attached hydrogen (secondary N) is 2. The molecule has 59 heavy (non-hydrogen) atoms. The second kappa shape index (κ2) is 20.0. The average Bonchev–Trinajstić information content (AvgIpc) is 3.65. The third kappa shape index (κ3) is 11.7. The van der Waals surface area contributed by atoms with Crippen molar-refractivity contribution in [3.8, 4) is 28.8 Å². The summed E-state index contributed by atoms with van der Waals surface area (Å²) in [6, 6.07) is 28.3. The minimum Gasteiger partial charge on any atom is -0.497 e. The van der Waals surface area contributed by atoms with Gasteiger partial charge < -0.3 is 38.6 Å². The molecule has 4 aromatic carbocycles. The first-order valence-electron chi connectivity index (χ1n) is 19.4. The van der Waals surface area contributed by atoms with Gasteiger partial charge in [0.05, 0.1) is 57.2 Å². The van der Waals surface area contributed by atoms with Crippen molar-refractivity contribution in [3.05, 3.63) is 114 Å². The number of fused-ring (bicyclic) bond motifs is 1. The van der Waals surface area contributed by atoms with Crippen LogP contribution in [0.3, 0.4) is 0 Å². The monoisotopic (exact) mass is 803 g/mol. The highest BCUT2D eigenvalue weighted by Gasteiger charge is 2.22. The summed E-state index contributed by atoms with van der Waals surface area (Å²) in [5.74, 6) is 3.36. The second-order valence-electron chi connectivity index (χ2n) is 14.9. The lowest BCUT2D eigenvalue weighted by Crippen LogP contribution is -2.21. The van der Waals surface area contributed by atoms with E-state index in [2.05, 4.69) is 36.4 Å². The van der Waals surface area contributed by atoms with Gasteiger partial charge in [-0.3, -0.25) is 5.32 Å². The van der Waals surface area contributed by atoms with Crippen LogP contribution < -0.4 is 29.7 Å². The fraction of sp³-hybridized carbons (Fsp3) is 0.333. The van der Waals surface area contributed by atoms with Crippen molar-refractivity contribution in [2.24, 2.45) is 0 Å². The Morgan fingerprint density at radius 1 is 0.780 bits per heavy atom. The number of ether oxygens (including phenoxy) is 6. The van der Waals surface area contributed by atoms with Crippen molar-refractivity contribution in [2.45, 2.75) is 32.6 Å². The van der Waals surface area contributed by atoms with Crippen LogP contribution in [0.15, 0.2) is 97.2 Å². The third-order valence-corrected chi connectivity index (χ3v) is 9.19. The molecule has 0 fully saturated rings. The molecule has 0 aliphatic carbocycles. The maximum atomic E-state index is 13.6. The molecule has 2 amide bonds. The maximum Gasteiger partial charge on any atom is 0.324 e. The van der Waals surface area contributed by atoms with E-state index in [1.807, 2.05) is 104 Å². The van der Waals surface area contributed by atoms with Gasteiger partial charge in [-0.1, -0.05) is 45.0 Å². The van der Waals surface area contributed by atoms with Crippen LogP contribution >= 0.6 is 0 Å². The quantitative estimate of drug-likeness (QED) is 0.0764. The molecule has 14 heteroatoms. The van der Waals surface area contributed by atoms with E-state index in [4.69, 9.17) is 38.5 Å². The highest BCUT2D eigenvalue weighted by molar-refractivity contribution is 6.07. The maximum absolute atomic E-state index is 13.6. The van der Waals surface area contributed by atoms with Gasteiger partial charge in [-0.15, -0.1) is 0 Å². The first-order chi connectivity index (χ1) is 28.5. The van der Waals surface area contributed by atoms with E-state index < -0.39 is 6.03 Å². The fourth-order valence-electron chi connectivity index (χ4n) is 6.10. The molecule has 0 radical (unpaired) electrons. The molecule has 6 rings (SSSR count). The van der Waals surface area contributed by atoms with Crippen LogP contribution in [-0.4, -0.2) is 93.7 Å². The third-order valence-electron chi connectivity index (χ3n) is 9.19. The minimum absolute atomic E-state index is 0.233. The Hall–Kier alpha value is -6.22. The standard InChI is InChI=1S/C45H53N7O7/c1-45(2,3)40-30-42(52(50-40)33-14-12-32(13-15-33)51(4)5)49-44(53)47-38-16-17-39(37-11-9-8-10-36(37)38)59-43-18-19-46-41(48-43)28-31-26-34(55-7)29-35(27-31)58-25-24-57-23-22-56-21-20-54-6/h8-19,26-27,29-30H,20-25,28H2,1-7H3,(H2,47,49,53). The number of nitrogens with zero attached hydrogens (tertiary/aromatic N) is 5. The number of urea groups is 1. The van der Waals surface area contributed by atoms with E-state index in [0.29, 0.717) is 86.5 Å². The Balaban J connectivity index is 1.12. The van der Waals surface area contributed by atoms with Crippen molar-refractivity contribution in [2.75, 3.05) is 83.5 Å². The van der Waals surface area contributed by atoms with E-state index in [9.17, 15) is 4.79 Å². The number of amides is 2. The molecular formula is C45H53N7O7. The van der Waals surface area contributed by atoms with Gasteiger partial charge >= 0.3 is 6.03 Å². The molecule has 14 nitrogen and oxygen atoms in total. The summed E-state index contributed by atoms with van der Waals surface area (Å²) in [6.07, 6.45) is 2.08. The predicted octanol–water partition coefficient (Wildman–Crippen LogP) is 8.27. The average molecular weight is 804 g/mol. The number of rotatable bonds is 19. The van der Waals surface area contributed by atoms with Gasteiger partial charge in [-0.05, 0) is 54.1 Å². The number of methoxy groups -OCH3 is 2. The van der Waals surface area contributed by atoms with Gasteiger partial charge in [0.25, 0.3) is 0 Å². The summed E-state index contributed by atoms with van der Waals surface area (Å²) in [5, 5.41) is 12.5. The largest absolute Gasteiger partial charge is 0.497 e. The van der Waals surface area contributed by atoms with Crippen molar-refractivity contribution in [3.63, 3.8) is 0 Å². The number of carbonyl (C=O) groups is 1. The van der Waals surface area contributed by atoms with Gasteiger partial charge in [0.1, 0.15) is 35.5 Å². The van der Waals surface area contributed by atoms with E-state index in [1.165, 1.54) is 0 Å². The number of hydrogen-bond acceptors (Lipinski definition) is 11. The Morgan fingerprint density at radius 3 is 2.20 bits per heavy atom. The van der Waals surface area contributed by atoms with Crippen molar-refractivity contribution in [1.82, 2.24) is 19.7 Å². The molecule has 0 spiro atoms. The van der Waals surface area contributed by atoms with Crippen LogP contribution in [0.25, 0.3) is 16.5 Å². The Labute approximate surface area is 345 Å². The van der Waals surface area contributed by atoms with Crippen LogP contribution in [0.2, 0.25) is 0 Å². The highest BCUT2D eigenvalue weighted by atomic mass is 16.6. The van der Waals surface area contributed by atoms with Crippen molar-refractivity contribution >= 4 is 34.0 Å². The summed E-state index contributed by atoms with van der Waals surface area (Å²) in [6.45, 7) is 9.11. The van der Waals surface area contributed by atoms with Crippen LogP contribution in [-0.2, 0) is 26.0 Å². The number of aromatic nitrogens is 4. The lowest BCUT2D eigenvalue weighted by molar-refractivity contribution is 0.0179. The highest BCUT2D eigenvalue weighted by Crippen LogP contribution is 2.35. The molecule has 0 aliphatic heterocycles. The molecule has 0 bridgehead atoms. The van der Waals surface area contributed by atoms with Gasteiger partial charge in [0.2, 0.25) is 5.88 Å². The molecule has 2 aromatic heterocycles. The molecule has 6 aromatic rings. The first kappa shape index (κ1) is 42.4. The molecule has 310 valence electrons. The van der Waals surface area contributed by atoms with Crippen molar-refractivity contribution in [1.29, 1.82) is 0 Å². The van der Waals surface area contributed by atoms with Crippen LogP contribution in [0, 0.1) is 0 Å². The molecule has 2 N–H and O–H groups in total. The van der Waals surface area contributed by atoms with E-state index >= 15 is 0 Å². The fourth-order valence-corrected chi connectivity index (χ4v) is 6.10. The Kier molecular flexibility index (Phi) is 14.3. The second-order valence-corrected chi connectivity index (χ2v) is 14.9. The Bertz CT molecular complexity index is 2310. The molecule has 0 aliphatic rings. The van der Waals surface area contributed by atoms with Crippen LogP contribution in [0.5, 0.6) is 23.1 Å². The normalized spacial score (nSPS) is 11.4. The number of anilines is 3. The summed E-state index contributed by atoms with van der Waals surface area (Å²) >= 11 is 0. The zero-order valence-electron chi connectivity index (χ0n) is 34.8. The summed E-state index contributed by atoms with van der Waals surface area (Å²) < 4.78 is 35.6. The van der Waals surface area contributed by atoms with E-state index in [-0.39, 0.29) is 5.41 Å².